The van der Waals surface area contributed by atoms with E-state index in [1.54, 1.807) is 0 Å². The molecule has 1 fully saturated rings. The second-order valence-corrected chi connectivity index (χ2v) is 2.70. The minimum absolute atomic E-state index is 0.162. The van der Waals surface area contributed by atoms with Gasteiger partial charge >= 0.3 is 0 Å². The van der Waals surface area contributed by atoms with Crippen LogP contribution in [-0.2, 0) is 4.74 Å². The van der Waals surface area contributed by atoms with Gasteiger partial charge in [0.25, 0.3) is 0 Å². The van der Waals surface area contributed by atoms with E-state index in [-0.39, 0.29) is 6.61 Å². The third-order valence-corrected chi connectivity index (χ3v) is 1.95. The van der Waals surface area contributed by atoms with E-state index in [1.165, 1.54) is 0 Å². The lowest BCUT2D eigenvalue weighted by Gasteiger charge is -2.29. The lowest BCUT2D eigenvalue weighted by Crippen LogP contribution is -2.35. The smallest absolute Gasteiger partial charge is 0.0642 e. The fourth-order valence-electron chi connectivity index (χ4n) is 1.30. The van der Waals surface area contributed by atoms with Gasteiger partial charge in [0.15, 0.2) is 0 Å². The highest BCUT2D eigenvalue weighted by molar-refractivity contribution is 4.99. The predicted molar refractivity (Wildman–Crippen MR) is 46.7 cm³/mol. The molecule has 0 aromatic heterocycles. The number of rotatable bonds is 3. The van der Waals surface area contributed by atoms with Crippen molar-refractivity contribution < 1.29 is 9.84 Å². The van der Waals surface area contributed by atoms with Gasteiger partial charge in [-0.2, -0.15) is 0 Å². The molecule has 3 nitrogen and oxygen atoms in total. The SMILES string of the molecule is C=C=C(CCO)N1CCOCC1. The van der Waals surface area contributed by atoms with Gasteiger partial charge in [-0.15, -0.1) is 5.73 Å². The molecule has 0 unspecified atom stereocenters. The summed E-state index contributed by atoms with van der Waals surface area (Å²) in [6, 6.07) is 0. The first kappa shape index (κ1) is 9.33. The number of hydrogen-bond donors (Lipinski definition) is 1. The summed E-state index contributed by atoms with van der Waals surface area (Å²) in [4.78, 5) is 2.16. The first-order valence-corrected chi connectivity index (χ1v) is 4.21. The van der Waals surface area contributed by atoms with Gasteiger partial charge in [0.2, 0.25) is 0 Å². The Hall–Kier alpha value is -0.760. The van der Waals surface area contributed by atoms with Gasteiger partial charge in [-0.1, -0.05) is 6.58 Å². The second kappa shape index (κ2) is 4.99. The average Bonchev–Trinajstić information content (AvgIpc) is 2.15. The van der Waals surface area contributed by atoms with Crippen molar-refractivity contribution in [3.8, 4) is 0 Å². The van der Waals surface area contributed by atoms with Crippen LogP contribution >= 0.6 is 0 Å². The summed E-state index contributed by atoms with van der Waals surface area (Å²) < 4.78 is 5.21. The zero-order valence-corrected chi connectivity index (χ0v) is 7.25. The second-order valence-electron chi connectivity index (χ2n) is 2.70. The maximum atomic E-state index is 8.75. The Balaban J connectivity index is 2.47. The van der Waals surface area contributed by atoms with Crippen molar-refractivity contribution in [2.75, 3.05) is 32.9 Å². The fourth-order valence-corrected chi connectivity index (χ4v) is 1.30. The van der Waals surface area contributed by atoms with E-state index in [1.807, 2.05) is 0 Å². The summed E-state index contributed by atoms with van der Waals surface area (Å²) in [6.07, 6.45) is 0.642. The summed E-state index contributed by atoms with van der Waals surface area (Å²) in [5.74, 6) is 0. The van der Waals surface area contributed by atoms with Crippen LogP contribution in [0.5, 0.6) is 0 Å². The van der Waals surface area contributed by atoms with Crippen LogP contribution in [0.4, 0.5) is 0 Å². The van der Waals surface area contributed by atoms with Crippen LogP contribution in [0, 0.1) is 0 Å². The van der Waals surface area contributed by atoms with Gasteiger partial charge in [-0.25, -0.2) is 0 Å². The van der Waals surface area contributed by atoms with E-state index in [0.29, 0.717) is 6.42 Å². The molecular formula is C9H15NO2. The molecule has 1 heterocycles. The summed E-state index contributed by atoms with van der Waals surface area (Å²) >= 11 is 0. The van der Waals surface area contributed by atoms with E-state index in [0.717, 1.165) is 32.0 Å². The largest absolute Gasteiger partial charge is 0.396 e. The van der Waals surface area contributed by atoms with Crippen molar-refractivity contribution in [2.24, 2.45) is 0 Å². The van der Waals surface area contributed by atoms with Gasteiger partial charge in [-0.05, 0) is 0 Å². The van der Waals surface area contributed by atoms with Crippen molar-refractivity contribution in [1.29, 1.82) is 0 Å². The standard InChI is InChI=1S/C9H15NO2/c1-2-9(3-6-11)10-4-7-12-8-5-10/h11H,1,3-8H2. The van der Waals surface area contributed by atoms with E-state index < -0.39 is 0 Å². The first-order valence-electron chi connectivity index (χ1n) is 4.21. The number of nitrogens with zero attached hydrogens (tertiary/aromatic N) is 1. The number of ether oxygens (including phenoxy) is 1. The molecule has 0 aliphatic carbocycles. The number of morpholine rings is 1. The van der Waals surface area contributed by atoms with Crippen LogP contribution < -0.4 is 0 Å². The molecule has 12 heavy (non-hydrogen) atoms. The van der Waals surface area contributed by atoms with Gasteiger partial charge in [0, 0.05) is 26.1 Å². The molecular weight excluding hydrogens is 154 g/mol. The molecule has 3 heteroatoms. The molecule has 1 aliphatic rings. The quantitative estimate of drug-likeness (QED) is 0.619. The van der Waals surface area contributed by atoms with Crippen molar-refractivity contribution in [3.63, 3.8) is 0 Å². The molecule has 1 saturated heterocycles. The summed E-state index contributed by atoms with van der Waals surface area (Å²) in [6.45, 7) is 7.06. The lowest BCUT2D eigenvalue weighted by molar-refractivity contribution is 0.0510. The van der Waals surface area contributed by atoms with E-state index in [2.05, 4.69) is 17.2 Å². The molecule has 0 radical (unpaired) electrons. The maximum Gasteiger partial charge on any atom is 0.0642 e. The number of hydrogen-bond acceptors (Lipinski definition) is 3. The maximum absolute atomic E-state index is 8.75. The molecule has 0 atom stereocenters. The molecule has 0 saturated carbocycles. The molecule has 1 N–H and O–H groups in total. The van der Waals surface area contributed by atoms with Crippen LogP contribution in [0.3, 0.4) is 0 Å². The first-order chi connectivity index (χ1) is 5.88. The molecule has 0 aromatic carbocycles. The Morgan fingerprint density at radius 1 is 1.50 bits per heavy atom. The highest BCUT2D eigenvalue weighted by Crippen LogP contribution is 2.09. The highest BCUT2D eigenvalue weighted by Gasteiger charge is 2.12. The Morgan fingerprint density at radius 3 is 2.67 bits per heavy atom. The van der Waals surface area contributed by atoms with Crippen molar-refractivity contribution in [3.05, 3.63) is 18.0 Å². The average molecular weight is 169 g/mol. The summed E-state index contributed by atoms with van der Waals surface area (Å²) in [5, 5.41) is 8.75. The molecule has 0 spiro atoms. The molecule has 0 bridgehead atoms. The Morgan fingerprint density at radius 2 is 2.17 bits per heavy atom. The summed E-state index contributed by atoms with van der Waals surface area (Å²) in [7, 11) is 0. The highest BCUT2D eigenvalue weighted by atomic mass is 16.5. The number of aliphatic hydroxyl groups excluding tert-OH is 1. The third-order valence-electron chi connectivity index (χ3n) is 1.95. The number of aliphatic hydroxyl groups is 1. The zero-order valence-electron chi connectivity index (χ0n) is 7.25. The van der Waals surface area contributed by atoms with Crippen LogP contribution in [-0.4, -0.2) is 42.9 Å². The predicted octanol–water partition coefficient (Wildman–Crippen LogP) is 0.370. The van der Waals surface area contributed by atoms with Crippen molar-refractivity contribution >= 4 is 0 Å². The molecule has 68 valence electrons. The van der Waals surface area contributed by atoms with Crippen molar-refractivity contribution in [1.82, 2.24) is 4.90 Å². The lowest BCUT2D eigenvalue weighted by atomic mass is 10.3. The Labute approximate surface area is 72.9 Å². The third kappa shape index (κ3) is 2.38. The minimum Gasteiger partial charge on any atom is -0.396 e. The van der Waals surface area contributed by atoms with E-state index in [9.17, 15) is 0 Å². The van der Waals surface area contributed by atoms with Crippen LogP contribution in [0.25, 0.3) is 0 Å². The topological polar surface area (TPSA) is 32.7 Å². The Kier molecular flexibility index (Phi) is 3.88. The van der Waals surface area contributed by atoms with Crippen LogP contribution in [0.15, 0.2) is 18.0 Å². The van der Waals surface area contributed by atoms with E-state index in [4.69, 9.17) is 9.84 Å². The van der Waals surface area contributed by atoms with Gasteiger partial charge in [0.1, 0.15) is 0 Å². The van der Waals surface area contributed by atoms with E-state index >= 15 is 0 Å². The Bertz CT molecular complexity index is 179. The molecule has 1 rings (SSSR count). The van der Waals surface area contributed by atoms with Gasteiger partial charge in [-0.3, -0.25) is 0 Å². The molecule has 0 amide bonds. The molecule has 0 aromatic rings. The van der Waals surface area contributed by atoms with Crippen molar-refractivity contribution in [2.45, 2.75) is 6.42 Å². The van der Waals surface area contributed by atoms with Crippen LogP contribution in [0.2, 0.25) is 0 Å². The van der Waals surface area contributed by atoms with Gasteiger partial charge < -0.3 is 14.7 Å². The molecule has 1 aliphatic heterocycles. The van der Waals surface area contributed by atoms with Crippen LogP contribution in [0.1, 0.15) is 6.42 Å². The van der Waals surface area contributed by atoms with Gasteiger partial charge in [0.05, 0.1) is 18.9 Å². The minimum atomic E-state index is 0.162. The zero-order chi connectivity index (χ0) is 8.81. The monoisotopic (exact) mass is 169 g/mol. The fraction of sp³-hybridized carbons (Fsp3) is 0.667. The summed E-state index contributed by atoms with van der Waals surface area (Å²) in [5.41, 5.74) is 3.85. The normalized spacial score (nSPS) is 17.2.